The second kappa shape index (κ2) is 14.1. The Balaban J connectivity index is 0.895. The molecule has 9 unspecified atom stereocenters. The first kappa shape index (κ1) is 37.0. The molecule has 6 aromatic rings. The van der Waals surface area contributed by atoms with E-state index in [0.717, 1.165) is 90.1 Å². The lowest BCUT2D eigenvalue weighted by Gasteiger charge is -2.31. The van der Waals surface area contributed by atoms with E-state index >= 15 is 0 Å². The molecule has 10 heteroatoms. The van der Waals surface area contributed by atoms with Crippen LogP contribution >= 0.6 is 0 Å². The Morgan fingerprint density at radius 1 is 0.281 bits per heavy atom. The maximum atomic E-state index is 6.20. The van der Waals surface area contributed by atoms with Crippen molar-refractivity contribution in [2.45, 2.75) is 54.9 Å². The lowest BCUT2D eigenvalue weighted by Crippen LogP contribution is -2.15. The average Bonchev–Trinajstić information content (AvgIpc) is 4.17. The maximum Gasteiger partial charge on any atom is 0.108 e. The predicted molar refractivity (Wildman–Crippen MR) is 236 cm³/mol. The minimum Gasteiger partial charge on any atom is -0.368 e. The van der Waals surface area contributed by atoms with E-state index in [0.29, 0.717) is 19.8 Å². The fourth-order valence-electron chi connectivity index (χ4n) is 9.78. The fraction of sp³-hybridized carbons (Fsp3) is 0.333. The summed E-state index contributed by atoms with van der Waals surface area (Å²) in [4.78, 5) is 2.44. The van der Waals surface area contributed by atoms with Crippen LogP contribution in [0, 0.1) is 0 Å². The summed E-state index contributed by atoms with van der Waals surface area (Å²) >= 11 is 0. The van der Waals surface area contributed by atoms with E-state index in [1.165, 1.54) is 50.1 Å². The van der Waals surface area contributed by atoms with Gasteiger partial charge in [0.15, 0.2) is 0 Å². The van der Waals surface area contributed by atoms with Crippen LogP contribution in [0.5, 0.6) is 0 Å². The zero-order chi connectivity index (χ0) is 41.6. The van der Waals surface area contributed by atoms with E-state index in [1.807, 2.05) is 0 Å². The van der Waals surface area contributed by atoms with Gasteiger partial charge < -0.3 is 47.5 Å². The van der Waals surface area contributed by atoms with E-state index in [-0.39, 0.29) is 54.9 Å². The average molecular weight is 852 g/mol. The number of epoxide rings is 9. The van der Waals surface area contributed by atoms with E-state index in [4.69, 9.17) is 42.6 Å². The quantitative estimate of drug-likeness (QED) is 0.0925. The molecule has 9 fully saturated rings. The number of hydrogen-bond acceptors (Lipinski definition) is 10. The highest BCUT2D eigenvalue weighted by Gasteiger charge is 2.38. The summed E-state index contributed by atoms with van der Waals surface area (Å²) in [6.45, 7) is 6.57. The first-order valence-electron chi connectivity index (χ1n) is 22.8. The summed E-state index contributed by atoms with van der Waals surface area (Å²) in [6, 6.07) is 41.2. The normalized spacial score (nSPS) is 29.5. The molecular weight excluding hydrogens is 807 g/mol. The molecule has 0 spiro atoms. The van der Waals surface area contributed by atoms with Gasteiger partial charge in [0.25, 0.3) is 0 Å². The summed E-state index contributed by atoms with van der Waals surface area (Å²) in [6.07, 6.45) is 0.802. The molecule has 9 heterocycles. The van der Waals surface area contributed by atoms with E-state index in [2.05, 4.69) is 114 Å². The Hall–Kier alpha value is -5.24. The Kier molecular flexibility index (Phi) is 8.18. The van der Waals surface area contributed by atoms with Crippen LogP contribution in [0.1, 0.15) is 105 Å². The van der Waals surface area contributed by atoms with Crippen LogP contribution in [-0.2, 0) is 42.6 Å². The number of hydrogen-bond donors (Lipinski definition) is 0. The molecule has 0 radical (unpaired) electrons. The first-order chi connectivity index (χ1) is 31.6. The Morgan fingerprint density at radius 3 is 0.953 bits per heavy atom. The summed E-state index contributed by atoms with van der Waals surface area (Å²) < 4.78 is 53.2. The van der Waals surface area contributed by atoms with Crippen LogP contribution in [0.25, 0.3) is 33.4 Å². The molecule has 0 saturated carbocycles. The van der Waals surface area contributed by atoms with Crippen molar-refractivity contribution in [3.05, 3.63) is 159 Å². The molecule has 15 rings (SSSR count). The number of rotatable bonds is 15. The molecule has 9 saturated heterocycles. The van der Waals surface area contributed by atoms with Crippen LogP contribution in [0.2, 0.25) is 0 Å². The second-order valence-corrected chi connectivity index (χ2v) is 18.7. The molecule has 10 nitrogen and oxygen atoms in total. The smallest absolute Gasteiger partial charge is 0.108 e. The van der Waals surface area contributed by atoms with Crippen molar-refractivity contribution in [3.63, 3.8) is 0 Å². The third-order valence-corrected chi connectivity index (χ3v) is 14.0. The molecule has 9 aliphatic rings. The van der Waals surface area contributed by atoms with Crippen molar-refractivity contribution in [1.29, 1.82) is 0 Å². The predicted octanol–water partition coefficient (Wildman–Crippen LogP) is 10.8. The first-order valence-corrected chi connectivity index (χ1v) is 22.8. The van der Waals surface area contributed by atoms with Gasteiger partial charge in [-0.1, -0.05) is 36.4 Å². The van der Waals surface area contributed by atoms with Crippen molar-refractivity contribution in [2.24, 2.45) is 0 Å². The van der Waals surface area contributed by atoms with Gasteiger partial charge in [-0.2, -0.15) is 0 Å². The molecule has 9 atom stereocenters. The molecular formula is C54H45NO9. The zero-order valence-electron chi connectivity index (χ0n) is 35.1. The van der Waals surface area contributed by atoms with Crippen LogP contribution in [-0.4, -0.2) is 59.5 Å². The van der Waals surface area contributed by atoms with Crippen molar-refractivity contribution >= 4 is 17.1 Å². The van der Waals surface area contributed by atoms with Crippen LogP contribution in [0.15, 0.2) is 109 Å². The van der Waals surface area contributed by atoms with Crippen molar-refractivity contribution < 1.29 is 42.6 Å². The zero-order valence-corrected chi connectivity index (χ0v) is 35.1. The van der Waals surface area contributed by atoms with Crippen molar-refractivity contribution in [1.82, 2.24) is 0 Å². The topological polar surface area (TPSA) is 116 Å². The van der Waals surface area contributed by atoms with Gasteiger partial charge in [0.2, 0.25) is 0 Å². The van der Waals surface area contributed by atoms with Crippen molar-refractivity contribution in [2.75, 3.05) is 64.4 Å². The molecule has 9 aliphatic heterocycles. The lowest BCUT2D eigenvalue weighted by atomic mass is 9.91. The minimum absolute atomic E-state index is 0.000197. The van der Waals surface area contributed by atoms with Crippen LogP contribution < -0.4 is 4.90 Å². The molecule has 0 amide bonds. The molecule has 0 N–H and O–H groups in total. The van der Waals surface area contributed by atoms with E-state index in [1.54, 1.807) is 0 Å². The summed E-state index contributed by atoms with van der Waals surface area (Å²) in [5.41, 5.74) is 20.9. The SMILES string of the molecule is c1cc(N(c2ccc(-c3cc(C4CO4)cc(C4CO4)c3)c(C3CO3)c2)c2ccc(-c3cc(C4CO4)cc(C4CO4)c3)cc2C2CO2)c(C2CO2)cc1-c1cc(C2CO2)cc(C2CO2)c1. The van der Waals surface area contributed by atoms with Gasteiger partial charge in [0, 0.05) is 16.8 Å². The molecule has 6 aromatic carbocycles. The minimum atomic E-state index is -0.0325. The Labute approximate surface area is 370 Å². The summed E-state index contributed by atoms with van der Waals surface area (Å²) in [5.74, 6) is 0. The molecule has 0 aliphatic carbocycles. The number of nitrogens with zero attached hydrogens (tertiary/aromatic N) is 1. The van der Waals surface area contributed by atoms with Gasteiger partial charge in [-0.05, 0) is 145 Å². The van der Waals surface area contributed by atoms with Gasteiger partial charge in [-0.3, -0.25) is 0 Å². The Morgan fingerprint density at radius 2 is 0.609 bits per heavy atom. The molecule has 64 heavy (non-hydrogen) atoms. The van der Waals surface area contributed by atoms with Crippen LogP contribution in [0.4, 0.5) is 17.1 Å². The summed E-state index contributed by atoms with van der Waals surface area (Å²) in [5, 5.41) is 0. The van der Waals surface area contributed by atoms with Crippen LogP contribution in [0.3, 0.4) is 0 Å². The molecule has 0 bridgehead atoms. The van der Waals surface area contributed by atoms with Gasteiger partial charge in [0.05, 0.1) is 70.8 Å². The highest BCUT2D eigenvalue weighted by molar-refractivity contribution is 5.86. The van der Waals surface area contributed by atoms with Gasteiger partial charge in [-0.15, -0.1) is 0 Å². The largest absolute Gasteiger partial charge is 0.368 e. The lowest BCUT2D eigenvalue weighted by molar-refractivity contribution is 0.410. The maximum absolute atomic E-state index is 6.20. The number of ether oxygens (including phenoxy) is 9. The van der Waals surface area contributed by atoms with Gasteiger partial charge >= 0.3 is 0 Å². The number of anilines is 3. The van der Waals surface area contributed by atoms with E-state index in [9.17, 15) is 0 Å². The second-order valence-electron chi connectivity index (χ2n) is 18.7. The third kappa shape index (κ3) is 7.18. The standard InChI is InChI=1S/C54H45NO9/c1-5-44(42(53-26-63-53)16-28(1)30-7-33(46-19-56-46)13-34(8-30)47-20-57-47)55(39-3-4-40(41(18-39)52-25-62-52)32-11-37(50-23-60-50)15-38(12-32)51-24-61-51)45-6-2-29(17-43(45)54-27-64-54)31-9-35(48-21-58-48)14-36(10-31)49-22-59-49/h1-18,46-54H,19-27H2. The van der Waals surface area contributed by atoms with Gasteiger partial charge in [0.1, 0.15) is 54.9 Å². The van der Waals surface area contributed by atoms with Gasteiger partial charge in [-0.25, -0.2) is 0 Å². The van der Waals surface area contributed by atoms with Crippen molar-refractivity contribution in [3.8, 4) is 33.4 Å². The fourth-order valence-corrected chi connectivity index (χ4v) is 9.78. The number of benzene rings is 6. The molecule has 0 aromatic heterocycles. The molecule has 320 valence electrons. The highest BCUT2D eigenvalue weighted by atomic mass is 16.6. The summed E-state index contributed by atoms with van der Waals surface area (Å²) in [7, 11) is 0. The highest BCUT2D eigenvalue weighted by Crippen LogP contribution is 2.52. The third-order valence-electron chi connectivity index (χ3n) is 14.0. The Bertz CT molecular complexity index is 2670. The van der Waals surface area contributed by atoms with E-state index < -0.39 is 0 Å². The monoisotopic (exact) mass is 851 g/mol.